The van der Waals surface area contributed by atoms with Crippen molar-refractivity contribution in [3.8, 4) is 0 Å². The third kappa shape index (κ3) is 4.79. The summed E-state index contributed by atoms with van der Waals surface area (Å²) >= 11 is 0. The number of amides is 4. The second kappa shape index (κ2) is 9.07. The van der Waals surface area contributed by atoms with Crippen LogP contribution in [0.5, 0.6) is 0 Å². The minimum atomic E-state index is -0.548. The summed E-state index contributed by atoms with van der Waals surface area (Å²) in [6.45, 7) is 0.636. The van der Waals surface area contributed by atoms with Crippen molar-refractivity contribution in [2.24, 2.45) is 5.92 Å². The van der Waals surface area contributed by atoms with E-state index >= 15 is 0 Å². The zero-order valence-electron chi connectivity index (χ0n) is 17.1. The van der Waals surface area contributed by atoms with E-state index in [9.17, 15) is 19.2 Å². The summed E-state index contributed by atoms with van der Waals surface area (Å²) in [5.41, 5.74) is 1.79. The van der Waals surface area contributed by atoms with E-state index < -0.39 is 5.92 Å². The van der Waals surface area contributed by atoms with Crippen molar-refractivity contribution in [2.75, 3.05) is 26.2 Å². The van der Waals surface area contributed by atoms with Crippen LogP contribution in [-0.4, -0.2) is 69.5 Å². The van der Waals surface area contributed by atoms with Crippen LogP contribution < -0.4 is 0 Å². The van der Waals surface area contributed by atoms with E-state index in [-0.39, 0.29) is 49.7 Å². The molecule has 2 fully saturated rings. The van der Waals surface area contributed by atoms with Crippen LogP contribution in [0.3, 0.4) is 0 Å². The highest BCUT2D eigenvalue weighted by molar-refractivity contribution is 6.03. The molecule has 4 amide bonds. The van der Waals surface area contributed by atoms with Gasteiger partial charge in [0.1, 0.15) is 13.1 Å². The summed E-state index contributed by atoms with van der Waals surface area (Å²) in [4.78, 5) is 58.7. The van der Waals surface area contributed by atoms with Gasteiger partial charge in [-0.1, -0.05) is 36.4 Å². The first-order valence-corrected chi connectivity index (χ1v) is 10.3. The molecule has 0 radical (unpaired) electrons. The molecule has 31 heavy (non-hydrogen) atoms. The standard InChI is InChI=1S/C23H24N4O4/c28-20-12-18(13-25(20)14-19-8-4-5-10-24-19)23(31)26-15-21(29)27(22(30)16-26)11-9-17-6-2-1-3-7-17/h1-8,10,18H,9,11-16H2. The fourth-order valence-electron chi connectivity index (χ4n) is 4.02. The molecule has 8 heteroatoms. The van der Waals surface area contributed by atoms with E-state index in [2.05, 4.69) is 4.98 Å². The largest absolute Gasteiger partial charge is 0.336 e. The molecule has 160 valence electrons. The van der Waals surface area contributed by atoms with E-state index in [0.717, 1.165) is 11.3 Å². The first-order valence-electron chi connectivity index (χ1n) is 10.3. The second-order valence-electron chi connectivity index (χ2n) is 7.87. The topological polar surface area (TPSA) is 90.9 Å². The molecule has 2 aromatic rings. The van der Waals surface area contributed by atoms with Crippen LogP contribution >= 0.6 is 0 Å². The van der Waals surface area contributed by atoms with E-state index in [0.29, 0.717) is 19.5 Å². The summed E-state index contributed by atoms with van der Waals surface area (Å²) in [5.74, 6) is -1.75. The summed E-state index contributed by atoms with van der Waals surface area (Å²) in [6, 6.07) is 15.1. The number of benzene rings is 1. The lowest BCUT2D eigenvalue weighted by atomic mass is 10.1. The van der Waals surface area contributed by atoms with Gasteiger partial charge in [0.15, 0.2) is 0 Å². The number of imide groups is 1. The van der Waals surface area contributed by atoms with Gasteiger partial charge in [-0.05, 0) is 24.1 Å². The zero-order chi connectivity index (χ0) is 21.8. The average Bonchev–Trinajstić information content (AvgIpc) is 3.14. The van der Waals surface area contributed by atoms with E-state index in [1.54, 1.807) is 17.2 Å². The van der Waals surface area contributed by atoms with Crippen LogP contribution in [-0.2, 0) is 32.1 Å². The van der Waals surface area contributed by atoms with Crippen molar-refractivity contribution >= 4 is 23.6 Å². The molecule has 1 aromatic carbocycles. The SMILES string of the molecule is O=C1CC(C(=O)N2CC(=O)N(CCc3ccccc3)C(=O)C2)CN1Cc1ccccn1. The van der Waals surface area contributed by atoms with Crippen molar-refractivity contribution in [3.05, 3.63) is 66.0 Å². The smallest absolute Gasteiger partial charge is 0.248 e. The molecule has 2 aliphatic heterocycles. The maximum atomic E-state index is 12.9. The van der Waals surface area contributed by atoms with Gasteiger partial charge in [0, 0.05) is 25.7 Å². The maximum absolute atomic E-state index is 12.9. The van der Waals surface area contributed by atoms with Crippen molar-refractivity contribution in [1.82, 2.24) is 19.7 Å². The highest BCUT2D eigenvalue weighted by Crippen LogP contribution is 2.23. The highest BCUT2D eigenvalue weighted by Gasteiger charge is 2.40. The number of carbonyl (C=O) groups is 4. The average molecular weight is 420 g/mol. The molecule has 0 bridgehead atoms. The fraction of sp³-hybridized carbons (Fsp3) is 0.348. The predicted molar refractivity (Wildman–Crippen MR) is 111 cm³/mol. The minimum absolute atomic E-state index is 0.0856. The number of pyridine rings is 1. The predicted octanol–water partition coefficient (Wildman–Crippen LogP) is 0.870. The van der Waals surface area contributed by atoms with Crippen LogP contribution in [0.15, 0.2) is 54.7 Å². The number of carbonyl (C=O) groups excluding carboxylic acids is 4. The van der Waals surface area contributed by atoms with Gasteiger partial charge in [-0.15, -0.1) is 0 Å². The van der Waals surface area contributed by atoms with Gasteiger partial charge >= 0.3 is 0 Å². The zero-order valence-corrected chi connectivity index (χ0v) is 17.1. The highest BCUT2D eigenvalue weighted by atomic mass is 16.2. The van der Waals surface area contributed by atoms with Crippen LogP contribution in [0, 0.1) is 5.92 Å². The van der Waals surface area contributed by atoms with Gasteiger partial charge in [-0.25, -0.2) is 0 Å². The summed E-state index contributed by atoms with van der Waals surface area (Å²) < 4.78 is 0. The Morgan fingerprint density at radius 2 is 1.65 bits per heavy atom. The number of nitrogens with zero attached hydrogens (tertiary/aromatic N) is 4. The van der Waals surface area contributed by atoms with Crippen molar-refractivity contribution in [3.63, 3.8) is 0 Å². The number of piperazine rings is 1. The first kappa shape index (κ1) is 20.7. The second-order valence-corrected chi connectivity index (χ2v) is 7.87. The third-order valence-electron chi connectivity index (χ3n) is 5.68. The molecule has 2 saturated heterocycles. The van der Waals surface area contributed by atoms with Gasteiger partial charge in [0.2, 0.25) is 23.6 Å². The number of hydrogen-bond donors (Lipinski definition) is 0. The summed E-state index contributed by atoms with van der Waals surface area (Å²) in [5, 5.41) is 0. The molecule has 0 spiro atoms. The Hall–Kier alpha value is -3.55. The van der Waals surface area contributed by atoms with Gasteiger partial charge < -0.3 is 9.80 Å². The monoisotopic (exact) mass is 420 g/mol. The lowest BCUT2D eigenvalue weighted by Crippen LogP contribution is -2.57. The van der Waals surface area contributed by atoms with E-state index in [1.807, 2.05) is 42.5 Å². The number of likely N-dealkylation sites (tertiary alicyclic amines) is 1. The van der Waals surface area contributed by atoms with Crippen LogP contribution in [0.2, 0.25) is 0 Å². The Balaban J connectivity index is 1.33. The van der Waals surface area contributed by atoms with Crippen LogP contribution in [0.25, 0.3) is 0 Å². The van der Waals surface area contributed by atoms with Gasteiger partial charge in [-0.3, -0.25) is 29.1 Å². The Kier molecular flexibility index (Phi) is 6.06. The Morgan fingerprint density at radius 3 is 2.32 bits per heavy atom. The van der Waals surface area contributed by atoms with Gasteiger partial charge in [0.05, 0.1) is 18.2 Å². The molecule has 1 unspecified atom stereocenters. The quantitative estimate of drug-likeness (QED) is 0.647. The maximum Gasteiger partial charge on any atom is 0.248 e. The molecule has 3 heterocycles. The molecular weight excluding hydrogens is 396 g/mol. The molecule has 1 aromatic heterocycles. The molecular formula is C23H24N4O4. The number of hydrogen-bond acceptors (Lipinski definition) is 5. The Labute approximate surface area is 180 Å². The summed E-state index contributed by atoms with van der Waals surface area (Å²) in [7, 11) is 0. The Bertz CT molecular complexity index is 962. The van der Waals surface area contributed by atoms with Crippen LogP contribution in [0.1, 0.15) is 17.7 Å². The molecule has 8 nitrogen and oxygen atoms in total. The molecule has 0 N–H and O–H groups in total. The number of aromatic nitrogens is 1. The molecule has 0 saturated carbocycles. The van der Waals surface area contributed by atoms with Crippen molar-refractivity contribution in [1.29, 1.82) is 0 Å². The van der Waals surface area contributed by atoms with E-state index in [4.69, 9.17) is 0 Å². The molecule has 2 aliphatic rings. The van der Waals surface area contributed by atoms with Gasteiger partial charge in [0.25, 0.3) is 0 Å². The third-order valence-corrected chi connectivity index (χ3v) is 5.68. The summed E-state index contributed by atoms with van der Waals surface area (Å²) in [6.07, 6.45) is 2.32. The lowest BCUT2D eigenvalue weighted by molar-refractivity contribution is -0.157. The van der Waals surface area contributed by atoms with Crippen molar-refractivity contribution < 1.29 is 19.2 Å². The van der Waals surface area contributed by atoms with E-state index in [1.165, 1.54) is 9.80 Å². The first-order chi connectivity index (χ1) is 15.0. The number of rotatable bonds is 6. The van der Waals surface area contributed by atoms with Crippen LogP contribution in [0.4, 0.5) is 0 Å². The minimum Gasteiger partial charge on any atom is -0.336 e. The lowest BCUT2D eigenvalue weighted by Gasteiger charge is -2.33. The Morgan fingerprint density at radius 1 is 0.935 bits per heavy atom. The molecule has 4 rings (SSSR count). The van der Waals surface area contributed by atoms with Crippen molar-refractivity contribution in [2.45, 2.75) is 19.4 Å². The molecule has 0 aliphatic carbocycles. The fourth-order valence-corrected chi connectivity index (χ4v) is 4.02. The normalized spacial score (nSPS) is 19.3. The molecule has 1 atom stereocenters. The van der Waals surface area contributed by atoms with Gasteiger partial charge in [-0.2, -0.15) is 0 Å².